The average Bonchev–Trinajstić information content (AvgIpc) is 2.50. The van der Waals surface area contributed by atoms with Crippen molar-refractivity contribution in [3.63, 3.8) is 0 Å². The molecule has 0 heterocycles. The molecule has 0 aromatic carbocycles. The van der Waals surface area contributed by atoms with Gasteiger partial charge in [0.25, 0.3) is 0 Å². The molecule has 0 aromatic heterocycles. The molecule has 0 spiro atoms. The van der Waals surface area contributed by atoms with Gasteiger partial charge in [-0.3, -0.25) is 4.79 Å². The molecule has 144 valence electrons. The fourth-order valence-corrected chi connectivity index (χ4v) is 3.11. The molecule has 0 N–H and O–H groups in total. The lowest BCUT2D eigenvalue weighted by atomic mass is 9.94. The van der Waals surface area contributed by atoms with Crippen LogP contribution in [0.1, 0.15) is 125 Å². The molecule has 2 nitrogen and oxygen atoms in total. The van der Waals surface area contributed by atoms with E-state index in [1.165, 1.54) is 77.0 Å². The molecule has 0 saturated heterocycles. The van der Waals surface area contributed by atoms with Gasteiger partial charge in [-0.2, -0.15) is 0 Å². The summed E-state index contributed by atoms with van der Waals surface area (Å²) in [6.07, 6.45) is 17.4. The zero-order valence-electron chi connectivity index (χ0n) is 17.3. The normalized spacial score (nSPS) is 11.9. The van der Waals surface area contributed by atoms with Gasteiger partial charge < -0.3 is 4.74 Å². The Balaban J connectivity index is 4.11. The molecule has 0 fully saturated rings. The third kappa shape index (κ3) is 15.0. The van der Waals surface area contributed by atoms with Gasteiger partial charge in [-0.15, -0.1) is 0 Å². The maximum Gasteiger partial charge on any atom is 0.309 e. The van der Waals surface area contributed by atoms with Crippen molar-refractivity contribution in [3.05, 3.63) is 0 Å². The molecule has 0 atom stereocenters. The number of ether oxygens (including phenoxy) is 1. The van der Waals surface area contributed by atoms with Gasteiger partial charge in [0.05, 0.1) is 5.92 Å². The fourth-order valence-electron chi connectivity index (χ4n) is 3.11. The molecule has 0 radical (unpaired) electrons. The molecule has 0 bridgehead atoms. The van der Waals surface area contributed by atoms with Crippen LogP contribution in [0.3, 0.4) is 0 Å². The first-order valence-corrected chi connectivity index (χ1v) is 10.6. The van der Waals surface area contributed by atoms with Gasteiger partial charge >= 0.3 is 5.97 Å². The van der Waals surface area contributed by atoms with Gasteiger partial charge in [0.1, 0.15) is 5.60 Å². The maximum absolute atomic E-state index is 12.5. The lowest BCUT2D eigenvalue weighted by Gasteiger charge is -2.24. The molecule has 0 unspecified atom stereocenters. The van der Waals surface area contributed by atoms with Crippen molar-refractivity contribution in [2.75, 3.05) is 0 Å². The molecule has 24 heavy (non-hydrogen) atoms. The fraction of sp³-hybridized carbons (Fsp3) is 0.955. The summed E-state index contributed by atoms with van der Waals surface area (Å²) < 4.78 is 5.65. The first-order valence-electron chi connectivity index (χ1n) is 10.6. The van der Waals surface area contributed by atoms with E-state index in [0.29, 0.717) is 0 Å². The Bertz CT molecular complexity index is 275. The second-order valence-corrected chi connectivity index (χ2v) is 8.34. The Morgan fingerprint density at radius 1 is 0.708 bits per heavy atom. The minimum absolute atomic E-state index is 0.0321. The van der Waals surface area contributed by atoms with Gasteiger partial charge in [-0.25, -0.2) is 0 Å². The van der Waals surface area contributed by atoms with E-state index in [2.05, 4.69) is 13.8 Å². The van der Waals surface area contributed by atoms with Crippen LogP contribution in [0.4, 0.5) is 0 Å². The number of hydrogen-bond acceptors (Lipinski definition) is 2. The summed E-state index contributed by atoms with van der Waals surface area (Å²) >= 11 is 0. The number of carbonyl (C=O) groups is 1. The van der Waals surface area contributed by atoms with Crippen molar-refractivity contribution in [3.8, 4) is 0 Å². The minimum atomic E-state index is -0.364. The third-order valence-electron chi connectivity index (χ3n) is 4.55. The number of hydrogen-bond donors (Lipinski definition) is 0. The molecule has 0 aliphatic carbocycles. The summed E-state index contributed by atoms with van der Waals surface area (Å²) in [7, 11) is 0. The highest BCUT2D eigenvalue weighted by atomic mass is 16.6. The highest BCUT2D eigenvalue weighted by Crippen LogP contribution is 2.23. The van der Waals surface area contributed by atoms with Gasteiger partial charge in [0.15, 0.2) is 0 Å². The van der Waals surface area contributed by atoms with E-state index < -0.39 is 0 Å². The van der Waals surface area contributed by atoms with Crippen LogP contribution < -0.4 is 0 Å². The highest BCUT2D eigenvalue weighted by Gasteiger charge is 2.24. The van der Waals surface area contributed by atoms with Gasteiger partial charge in [0, 0.05) is 0 Å². The van der Waals surface area contributed by atoms with Crippen molar-refractivity contribution in [2.24, 2.45) is 5.92 Å². The van der Waals surface area contributed by atoms with E-state index in [9.17, 15) is 4.79 Å². The third-order valence-corrected chi connectivity index (χ3v) is 4.55. The second-order valence-electron chi connectivity index (χ2n) is 8.34. The van der Waals surface area contributed by atoms with Crippen LogP contribution in [-0.2, 0) is 9.53 Å². The van der Waals surface area contributed by atoms with Crippen LogP contribution in [0.15, 0.2) is 0 Å². The zero-order valence-corrected chi connectivity index (χ0v) is 17.3. The molecular formula is C22H44O2. The Labute approximate surface area is 152 Å². The summed E-state index contributed by atoms with van der Waals surface area (Å²) in [6, 6.07) is 0. The van der Waals surface area contributed by atoms with E-state index in [4.69, 9.17) is 4.74 Å². The molecule has 0 aliphatic rings. The number of unbranched alkanes of at least 4 members (excludes halogenated alkanes) is 10. The van der Waals surface area contributed by atoms with Crippen molar-refractivity contribution >= 4 is 5.97 Å². The Morgan fingerprint density at radius 2 is 1.08 bits per heavy atom. The van der Waals surface area contributed by atoms with Crippen molar-refractivity contribution in [2.45, 2.75) is 130 Å². The maximum atomic E-state index is 12.5. The van der Waals surface area contributed by atoms with E-state index in [1.807, 2.05) is 20.8 Å². The molecule has 2 heteroatoms. The molecule has 0 saturated carbocycles. The standard InChI is InChI=1S/C22H44O2/c1-6-8-10-12-14-16-18-20(21(23)24-22(3,4)5)19-17-15-13-11-9-7-2/h20H,6-19H2,1-5H3. The van der Waals surface area contributed by atoms with E-state index in [0.717, 1.165) is 12.8 Å². The Kier molecular flexibility index (Phi) is 14.5. The molecule has 0 rings (SSSR count). The lowest BCUT2D eigenvalue weighted by molar-refractivity contribution is -0.160. The number of rotatable bonds is 15. The predicted octanol–water partition coefficient (Wildman–Crippen LogP) is 7.45. The van der Waals surface area contributed by atoms with E-state index in [1.54, 1.807) is 0 Å². The average molecular weight is 341 g/mol. The molecular weight excluding hydrogens is 296 g/mol. The number of carbonyl (C=O) groups excluding carboxylic acids is 1. The van der Waals surface area contributed by atoms with Crippen molar-refractivity contribution < 1.29 is 9.53 Å². The summed E-state index contributed by atoms with van der Waals surface area (Å²) in [5.41, 5.74) is -0.364. The molecule has 0 amide bonds. The van der Waals surface area contributed by atoms with Crippen LogP contribution in [0.5, 0.6) is 0 Å². The van der Waals surface area contributed by atoms with E-state index in [-0.39, 0.29) is 17.5 Å². The van der Waals surface area contributed by atoms with Crippen LogP contribution >= 0.6 is 0 Å². The van der Waals surface area contributed by atoms with Gasteiger partial charge in [0.2, 0.25) is 0 Å². The second kappa shape index (κ2) is 14.8. The predicted molar refractivity (Wildman–Crippen MR) is 105 cm³/mol. The minimum Gasteiger partial charge on any atom is -0.460 e. The van der Waals surface area contributed by atoms with E-state index >= 15 is 0 Å². The monoisotopic (exact) mass is 340 g/mol. The number of esters is 1. The highest BCUT2D eigenvalue weighted by molar-refractivity contribution is 5.72. The van der Waals surface area contributed by atoms with Crippen molar-refractivity contribution in [1.29, 1.82) is 0 Å². The van der Waals surface area contributed by atoms with Crippen LogP contribution in [0, 0.1) is 5.92 Å². The lowest BCUT2D eigenvalue weighted by Crippen LogP contribution is -2.28. The smallest absolute Gasteiger partial charge is 0.309 e. The summed E-state index contributed by atoms with van der Waals surface area (Å²) in [4.78, 5) is 12.5. The topological polar surface area (TPSA) is 26.3 Å². The zero-order chi connectivity index (χ0) is 18.3. The quantitative estimate of drug-likeness (QED) is 0.228. The van der Waals surface area contributed by atoms with Crippen LogP contribution in [-0.4, -0.2) is 11.6 Å². The van der Waals surface area contributed by atoms with Crippen molar-refractivity contribution in [1.82, 2.24) is 0 Å². The summed E-state index contributed by atoms with van der Waals surface area (Å²) in [5.74, 6) is 0.145. The molecule has 0 aromatic rings. The van der Waals surface area contributed by atoms with Crippen LogP contribution in [0.25, 0.3) is 0 Å². The summed E-state index contributed by atoms with van der Waals surface area (Å²) in [5, 5.41) is 0. The summed E-state index contributed by atoms with van der Waals surface area (Å²) in [6.45, 7) is 10.4. The largest absolute Gasteiger partial charge is 0.460 e. The molecule has 0 aliphatic heterocycles. The first-order chi connectivity index (χ1) is 11.4. The van der Waals surface area contributed by atoms with Crippen LogP contribution in [0.2, 0.25) is 0 Å². The Hall–Kier alpha value is -0.530. The van der Waals surface area contributed by atoms with Gasteiger partial charge in [-0.1, -0.05) is 90.9 Å². The Morgan fingerprint density at radius 3 is 1.46 bits per heavy atom. The van der Waals surface area contributed by atoms with Gasteiger partial charge in [-0.05, 0) is 33.6 Å². The SMILES string of the molecule is CCCCCCCCC(CCCCCCCC)C(=O)OC(C)(C)C. The first kappa shape index (κ1) is 23.5.